The molecule has 0 aromatic rings. The molecule has 0 amide bonds. The second-order valence-electron chi connectivity index (χ2n) is 4.97. The molecular formula is C16H28O9. The van der Waals surface area contributed by atoms with Gasteiger partial charge in [-0.3, -0.25) is 0 Å². The van der Waals surface area contributed by atoms with Crippen molar-refractivity contribution in [3.8, 4) is 0 Å². The Kier molecular flexibility index (Phi) is 17.8. The first kappa shape index (κ1) is 24.8. The minimum Gasteiger partial charge on any atom is -0.450 e. The fourth-order valence-corrected chi connectivity index (χ4v) is 0.998. The van der Waals surface area contributed by atoms with Crippen molar-refractivity contribution in [2.24, 2.45) is 5.92 Å². The van der Waals surface area contributed by atoms with Gasteiger partial charge in [0, 0.05) is 0 Å². The lowest BCUT2D eigenvalue weighted by Crippen LogP contribution is -2.12. The molecule has 9 heteroatoms. The molecule has 1 heterocycles. The maximum absolute atomic E-state index is 10.8. The molecule has 1 saturated heterocycles. The molecule has 0 aromatic carbocycles. The average molecular weight is 364 g/mol. The first-order valence-electron chi connectivity index (χ1n) is 7.89. The van der Waals surface area contributed by atoms with Crippen molar-refractivity contribution >= 4 is 18.5 Å². The highest BCUT2D eigenvalue weighted by molar-refractivity contribution is 5.61. The van der Waals surface area contributed by atoms with Crippen LogP contribution < -0.4 is 0 Å². The number of carbonyl (C=O) groups is 3. The number of ether oxygens (including phenoxy) is 5. The summed E-state index contributed by atoms with van der Waals surface area (Å²) < 4.78 is 22.1. The molecule has 0 atom stereocenters. The van der Waals surface area contributed by atoms with Crippen LogP contribution in [-0.2, 0) is 23.7 Å². The Hall–Kier alpha value is -2.45. The molecule has 146 valence electrons. The molecule has 0 aliphatic carbocycles. The van der Waals surface area contributed by atoms with Crippen LogP contribution in [0.25, 0.3) is 0 Å². The number of unbranched alkanes of at least 4 members (excludes halogenated alkanes) is 1. The van der Waals surface area contributed by atoms with Crippen LogP contribution in [0.2, 0.25) is 0 Å². The minimum absolute atomic E-state index is 0.0648. The van der Waals surface area contributed by atoms with Crippen molar-refractivity contribution in [1.82, 2.24) is 0 Å². The number of carboxylic acid groups (broad SMARTS) is 1. The van der Waals surface area contributed by atoms with Crippen molar-refractivity contribution in [3.05, 3.63) is 12.7 Å². The van der Waals surface area contributed by atoms with Gasteiger partial charge in [0.15, 0.2) is 0 Å². The quantitative estimate of drug-likeness (QED) is 0.313. The van der Waals surface area contributed by atoms with E-state index in [2.05, 4.69) is 20.8 Å². The van der Waals surface area contributed by atoms with E-state index in [1.54, 1.807) is 0 Å². The highest BCUT2D eigenvalue weighted by Gasteiger charge is 2.09. The molecule has 0 spiro atoms. The van der Waals surface area contributed by atoms with Crippen LogP contribution in [0.4, 0.5) is 14.4 Å². The largest absolute Gasteiger partial charge is 0.508 e. The Labute approximate surface area is 147 Å². The predicted octanol–water partition coefficient (Wildman–Crippen LogP) is 3.62. The lowest BCUT2D eigenvalue weighted by Gasteiger charge is -2.06. The monoisotopic (exact) mass is 364 g/mol. The summed E-state index contributed by atoms with van der Waals surface area (Å²) in [4.78, 5) is 30.1. The SMILES string of the molecule is C=CCOC(=O)O.CCCCOC(=O)OCC(C)C.O=C1OCCO1. The molecule has 9 nitrogen and oxygen atoms in total. The van der Waals surface area contributed by atoms with Crippen LogP contribution in [0.1, 0.15) is 33.6 Å². The van der Waals surface area contributed by atoms with Crippen LogP contribution in [0.15, 0.2) is 12.7 Å². The smallest absolute Gasteiger partial charge is 0.450 e. The average Bonchev–Trinajstić information content (AvgIpc) is 3.03. The van der Waals surface area contributed by atoms with E-state index < -0.39 is 18.5 Å². The number of rotatable bonds is 7. The number of hydrogen-bond acceptors (Lipinski definition) is 8. The van der Waals surface area contributed by atoms with Crippen molar-refractivity contribution in [3.63, 3.8) is 0 Å². The molecule has 0 unspecified atom stereocenters. The van der Waals surface area contributed by atoms with E-state index in [0.29, 0.717) is 32.3 Å². The summed E-state index contributed by atoms with van der Waals surface area (Å²) in [5, 5.41) is 7.77. The maximum Gasteiger partial charge on any atom is 0.508 e. The van der Waals surface area contributed by atoms with Gasteiger partial charge in [-0.05, 0) is 12.3 Å². The molecule has 0 aromatic heterocycles. The third-order valence-electron chi connectivity index (χ3n) is 2.10. The molecule has 0 saturated carbocycles. The normalized spacial score (nSPS) is 11.6. The van der Waals surface area contributed by atoms with Crippen molar-refractivity contribution in [2.45, 2.75) is 33.6 Å². The highest BCUT2D eigenvalue weighted by Crippen LogP contribution is 1.96. The third kappa shape index (κ3) is 23.9. The van der Waals surface area contributed by atoms with Gasteiger partial charge in [-0.1, -0.05) is 39.8 Å². The number of carbonyl (C=O) groups excluding carboxylic acids is 2. The predicted molar refractivity (Wildman–Crippen MR) is 88.5 cm³/mol. The second-order valence-corrected chi connectivity index (χ2v) is 4.97. The van der Waals surface area contributed by atoms with Crippen LogP contribution in [-0.4, -0.2) is 56.6 Å². The fraction of sp³-hybridized carbons (Fsp3) is 0.688. The Morgan fingerprint density at radius 3 is 2.16 bits per heavy atom. The summed E-state index contributed by atoms with van der Waals surface area (Å²) in [6, 6.07) is 0. The highest BCUT2D eigenvalue weighted by atomic mass is 16.8. The zero-order valence-corrected chi connectivity index (χ0v) is 15.0. The summed E-state index contributed by atoms with van der Waals surface area (Å²) in [6.45, 7) is 11.1. The Morgan fingerprint density at radius 1 is 1.24 bits per heavy atom. The van der Waals surface area contributed by atoms with Gasteiger partial charge in [-0.2, -0.15) is 0 Å². The topological polar surface area (TPSA) is 118 Å². The van der Waals surface area contributed by atoms with E-state index in [-0.39, 0.29) is 6.61 Å². The zero-order valence-electron chi connectivity index (χ0n) is 15.0. The summed E-state index contributed by atoms with van der Waals surface area (Å²) in [6.07, 6.45) is 0.939. The molecule has 25 heavy (non-hydrogen) atoms. The lowest BCUT2D eigenvalue weighted by atomic mass is 10.2. The maximum atomic E-state index is 10.8. The van der Waals surface area contributed by atoms with E-state index in [4.69, 9.17) is 14.6 Å². The van der Waals surface area contributed by atoms with Gasteiger partial charge in [-0.15, -0.1) is 0 Å². The molecule has 1 rings (SSSR count). The van der Waals surface area contributed by atoms with Crippen molar-refractivity contribution in [1.29, 1.82) is 0 Å². The summed E-state index contributed by atoms with van der Waals surface area (Å²) in [5.74, 6) is 0.365. The van der Waals surface area contributed by atoms with Gasteiger partial charge < -0.3 is 28.8 Å². The first-order valence-corrected chi connectivity index (χ1v) is 7.89. The molecule has 1 aliphatic rings. The fourth-order valence-electron chi connectivity index (χ4n) is 0.998. The lowest BCUT2D eigenvalue weighted by molar-refractivity contribution is 0.0468. The molecule has 0 bridgehead atoms. The number of cyclic esters (lactones) is 2. The van der Waals surface area contributed by atoms with Crippen LogP contribution in [0, 0.1) is 5.92 Å². The third-order valence-corrected chi connectivity index (χ3v) is 2.10. The van der Waals surface area contributed by atoms with Gasteiger partial charge in [0.25, 0.3) is 0 Å². The summed E-state index contributed by atoms with van der Waals surface area (Å²) >= 11 is 0. The molecule has 0 radical (unpaired) electrons. The van der Waals surface area contributed by atoms with E-state index >= 15 is 0 Å². The standard InChI is InChI=1S/C9H18O3.C4H6O3.C3H4O3/c1-4-5-6-11-9(10)12-7-8(2)3;1-2-3-7-4(5)6;4-3-5-1-2-6-3/h8H,4-7H2,1-3H3;2H,1,3H2,(H,5,6);1-2H2. The van der Waals surface area contributed by atoms with Crippen molar-refractivity contribution in [2.75, 3.05) is 33.0 Å². The molecule has 1 aliphatic heterocycles. The van der Waals surface area contributed by atoms with Gasteiger partial charge in [0.1, 0.15) is 19.8 Å². The van der Waals surface area contributed by atoms with Gasteiger partial charge in [0.05, 0.1) is 13.2 Å². The zero-order chi connectivity index (χ0) is 19.5. The summed E-state index contributed by atoms with van der Waals surface area (Å²) in [7, 11) is 0. The van der Waals surface area contributed by atoms with Crippen LogP contribution >= 0.6 is 0 Å². The van der Waals surface area contributed by atoms with Crippen LogP contribution in [0.5, 0.6) is 0 Å². The summed E-state index contributed by atoms with van der Waals surface area (Å²) in [5.41, 5.74) is 0. The Morgan fingerprint density at radius 2 is 1.84 bits per heavy atom. The Balaban J connectivity index is 0. The van der Waals surface area contributed by atoms with Gasteiger partial charge >= 0.3 is 18.5 Å². The minimum atomic E-state index is -1.26. The van der Waals surface area contributed by atoms with Gasteiger partial charge in [-0.25, -0.2) is 14.4 Å². The first-order chi connectivity index (χ1) is 11.8. The Bertz CT molecular complexity index is 372. The molecular weight excluding hydrogens is 336 g/mol. The van der Waals surface area contributed by atoms with E-state index in [9.17, 15) is 14.4 Å². The molecule has 1 fully saturated rings. The second kappa shape index (κ2) is 17.9. The molecule has 1 N–H and O–H groups in total. The van der Waals surface area contributed by atoms with E-state index in [0.717, 1.165) is 12.8 Å². The van der Waals surface area contributed by atoms with Crippen LogP contribution in [0.3, 0.4) is 0 Å². The van der Waals surface area contributed by atoms with Crippen molar-refractivity contribution < 1.29 is 43.2 Å². The number of hydrogen-bond donors (Lipinski definition) is 1. The van der Waals surface area contributed by atoms with E-state index in [1.165, 1.54) is 6.08 Å². The van der Waals surface area contributed by atoms with E-state index in [1.807, 2.05) is 20.8 Å². The van der Waals surface area contributed by atoms with Gasteiger partial charge in [0.2, 0.25) is 0 Å².